The van der Waals surface area contributed by atoms with E-state index in [1.807, 2.05) is 37.6 Å². The number of ether oxygens (including phenoxy) is 1. The summed E-state index contributed by atoms with van der Waals surface area (Å²) < 4.78 is 12.9. The fourth-order valence-corrected chi connectivity index (χ4v) is 2.61. The molecule has 0 saturated heterocycles. The molecule has 0 N–H and O–H groups in total. The number of benzene rings is 1. The molecule has 0 aliphatic carbocycles. The van der Waals surface area contributed by atoms with Gasteiger partial charge in [-0.15, -0.1) is 10.2 Å². The largest absolute Gasteiger partial charge is 0.489 e. The van der Waals surface area contributed by atoms with Crippen LogP contribution in [-0.2, 0) is 26.7 Å². The lowest BCUT2D eigenvalue weighted by Crippen LogP contribution is -2.19. The SMILES string of the molecule is Cc1noc(C)c1COc1ccc(CN(C)Cc2nncn2C)cc1. The Kier molecular flexibility index (Phi) is 5.14. The zero-order chi connectivity index (χ0) is 17.8. The second-order valence-electron chi connectivity index (χ2n) is 6.27. The van der Waals surface area contributed by atoms with Crippen LogP contribution in [0.3, 0.4) is 0 Å². The van der Waals surface area contributed by atoms with E-state index >= 15 is 0 Å². The lowest BCUT2D eigenvalue weighted by molar-refractivity contribution is 0.299. The number of aromatic nitrogens is 4. The van der Waals surface area contributed by atoms with Crippen molar-refractivity contribution >= 4 is 0 Å². The van der Waals surface area contributed by atoms with Gasteiger partial charge in [0.1, 0.15) is 30.3 Å². The summed E-state index contributed by atoms with van der Waals surface area (Å²) in [5.41, 5.74) is 3.10. The maximum atomic E-state index is 5.84. The first-order valence-corrected chi connectivity index (χ1v) is 8.18. The Morgan fingerprint density at radius 2 is 1.92 bits per heavy atom. The molecule has 3 aromatic rings. The van der Waals surface area contributed by atoms with Crippen molar-refractivity contribution in [3.05, 3.63) is 59.0 Å². The molecule has 0 aliphatic rings. The first kappa shape index (κ1) is 17.2. The molecular weight excluding hydrogens is 318 g/mol. The lowest BCUT2D eigenvalue weighted by atomic mass is 10.2. The Morgan fingerprint density at radius 3 is 2.52 bits per heavy atom. The zero-order valence-corrected chi connectivity index (χ0v) is 15.1. The molecule has 7 heteroatoms. The third-order valence-electron chi connectivity index (χ3n) is 4.16. The fraction of sp³-hybridized carbons (Fsp3) is 0.389. The first-order chi connectivity index (χ1) is 12.0. The fourth-order valence-electron chi connectivity index (χ4n) is 2.61. The second kappa shape index (κ2) is 7.48. The van der Waals surface area contributed by atoms with E-state index in [2.05, 4.69) is 39.4 Å². The van der Waals surface area contributed by atoms with Gasteiger partial charge in [-0.05, 0) is 38.6 Å². The van der Waals surface area contributed by atoms with Crippen LogP contribution < -0.4 is 4.74 Å². The minimum absolute atomic E-state index is 0.465. The Balaban J connectivity index is 1.54. The third-order valence-corrected chi connectivity index (χ3v) is 4.16. The molecule has 0 unspecified atom stereocenters. The van der Waals surface area contributed by atoms with Gasteiger partial charge in [0, 0.05) is 13.6 Å². The van der Waals surface area contributed by atoms with Crippen LogP contribution in [0.15, 0.2) is 35.1 Å². The average molecular weight is 341 g/mol. The molecule has 2 aromatic heterocycles. The number of hydrogen-bond donors (Lipinski definition) is 0. The summed E-state index contributed by atoms with van der Waals surface area (Å²) in [5, 5.41) is 12.0. The predicted molar refractivity (Wildman–Crippen MR) is 92.9 cm³/mol. The minimum atomic E-state index is 0.465. The molecule has 132 valence electrons. The van der Waals surface area contributed by atoms with Gasteiger partial charge in [0.25, 0.3) is 0 Å². The minimum Gasteiger partial charge on any atom is -0.489 e. The van der Waals surface area contributed by atoms with Gasteiger partial charge in [0.05, 0.1) is 17.8 Å². The van der Waals surface area contributed by atoms with Gasteiger partial charge < -0.3 is 13.8 Å². The van der Waals surface area contributed by atoms with Crippen LogP contribution in [0.5, 0.6) is 5.75 Å². The molecule has 2 heterocycles. The normalized spacial score (nSPS) is 11.2. The van der Waals surface area contributed by atoms with Crippen molar-refractivity contribution < 1.29 is 9.26 Å². The van der Waals surface area contributed by atoms with Gasteiger partial charge in [-0.3, -0.25) is 4.90 Å². The van der Waals surface area contributed by atoms with Crippen molar-refractivity contribution in [1.82, 2.24) is 24.8 Å². The molecular formula is C18H23N5O2. The van der Waals surface area contributed by atoms with E-state index in [0.717, 1.165) is 41.7 Å². The Bertz CT molecular complexity index is 803. The van der Waals surface area contributed by atoms with Crippen molar-refractivity contribution in [3.63, 3.8) is 0 Å². The summed E-state index contributed by atoms with van der Waals surface area (Å²) in [7, 11) is 4.02. The number of hydrogen-bond acceptors (Lipinski definition) is 6. The average Bonchev–Trinajstić information content (AvgIpc) is 3.13. The Morgan fingerprint density at radius 1 is 1.16 bits per heavy atom. The maximum Gasteiger partial charge on any atom is 0.146 e. The van der Waals surface area contributed by atoms with Crippen LogP contribution in [0.25, 0.3) is 0 Å². The number of aryl methyl sites for hydroxylation is 3. The van der Waals surface area contributed by atoms with Crippen molar-refractivity contribution in [2.75, 3.05) is 7.05 Å². The topological polar surface area (TPSA) is 69.2 Å². The highest BCUT2D eigenvalue weighted by Gasteiger charge is 2.10. The molecule has 0 saturated carbocycles. The monoisotopic (exact) mass is 341 g/mol. The molecule has 0 spiro atoms. The van der Waals surface area contributed by atoms with Crippen molar-refractivity contribution in [3.8, 4) is 5.75 Å². The summed E-state index contributed by atoms with van der Waals surface area (Å²) >= 11 is 0. The predicted octanol–water partition coefficient (Wildman–Crippen LogP) is 2.63. The molecule has 0 amide bonds. The zero-order valence-electron chi connectivity index (χ0n) is 15.1. The molecule has 25 heavy (non-hydrogen) atoms. The second-order valence-corrected chi connectivity index (χ2v) is 6.27. The molecule has 3 rings (SSSR count). The van der Waals surface area contributed by atoms with Gasteiger partial charge in [0.2, 0.25) is 0 Å². The maximum absolute atomic E-state index is 5.84. The van der Waals surface area contributed by atoms with E-state index < -0.39 is 0 Å². The van der Waals surface area contributed by atoms with E-state index in [1.165, 1.54) is 5.56 Å². The van der Waals surface area contributed by atoms with Crippen LogP contribution in [-0.4, -0.2) is 31.9 Å². The molecule has 0 fully saturated rings. The molecule has 7 nitrogen and oxygen atoms in total. The molecule has 1 aromatic carbocycles. The Labute approximate surface area is 147 Å². The summed E-state index contributed by atoms with van der Waals surface area (Å²) in [4.78, 5) is 2.20. The van der Waals surface area contributed by atoms with Crippen molar-refractivity contribution in [1.29, 1.82) is 0 Å². The molecule has 0 aliphatic heterocycles. The van der Waals surface area contributed by atoms with Crippen LogP contribution in [0.2, 0.25) is 0 Å². The van der Waals surface area contributed by atoms with Crippen LogP contribution in [0, 0.1) is 13.8 Å². The summed E-state index contributed by atoms with van der Waals surface area (Å²) in [6.45, 7) is 5.87. The van der Waals surface area contributed by atoms with Crippen LogP contribution in [0.4, 0.5) is 0 Å². The van der Waals surface area contributed by atoms with E-state index in [-0.39, 0.29) is 0 Å². The van der Waals surface area contributed by atoms with Crippen molar-refractivity contribution in [2.45, 2.75) is 33.5 Å². The third kappa shape index (κ3) is 4.24. The van der Waals surface area contributed by atoms with E-state index in [0.29, 0.717) is 6.61 Å². The smallest absolute Gasteiger partial charge is 0.146 e. The van der Waals surface area contributed by atoms with Gasteiger partial charge in [-0.2, -0.15) is 0 Å². The standard InChI is InChI=1S/C18H23N5O2/c1-13-17(14(2)25-21-13)11-24-16-7-5-15(6-8-16)9-22(3)10-18-20-19-12-23(18)4/h5-8,12H,9-11H2,1-4H3. The Hall–Kier alpha value is -2.67. The van der Waals surface area contributed by atoms with Crippen LogP contribution in [0.1, 0.15) is 28.4 Å². The lowest BCUT2D eigenvalue weighted by Gasteiger charge is -2.16. The van der Waals surface area contributed by atoms with Gasteiger partial charge >= 0.3 is 0 Å². The first-order valence-electron chi connectivity index (χ1n) is 8.18. The number of nitrogens with zero attached hydrogens (tertiary/aromatic N) is 5. The molecule has 0 radical (unpaired) electrons. The summed E-state index contributed by atoms with van der Waals surface area (Å²) in [5.74, 6) is 2.58. The quantitative estimate of drug-likeness (QED) is 0.658. The van der Waals surface area contributed by atoms with Crippen LogP contribution >= 0.6 is 0 Å². The van der Waals surface area contributed by atoms with E-state index in [4.69, 9.17) is 9.26 Å². The molecule has 0 bridgehead atoms. The van der Waals surface area contributed by atoms with Gasteiger partial charge in [-0.25, -0.2) is 0 Å². The highest BCUT2D eigenvalue weighted by Crippen LogP contribution is 2.18. The number of rotatable bonds is 7. The van der Waals surface area contributed by atoms with Gasteiger partial charge in [-0.1, -0.05) is 17.3 Å². The molecule has 0 atom stereocenters. The highest BCUT2D eigenvalue weighted by molar-refractivity contribution is 5.28. The summed E-state index contributed by atoms with van der Waals surface area (Å²) in [6, 6.07) is 8.14. The van der Waals surface area contributed by atoms with E-state index in [9.17, 15) is 0 Å². The van der Waals surface area contributed by atoms with E-state index in [1.54, 1.807) is 6.33 Å². The summed E-state index contributed by atoms with van der Waals surface area (Å²) in [6.07, 6.45) is 1.72. The highest BCUT2D eigenvalue weighted by atomic mass is 16.5. The van der Waals surface area contributed by atoms with Crippen molar-refractivity contribution in [2.24, 2.45) is 7.05 Å². The van der Waals surface area contributed by atoms with Gasteiger partial charge in [0.15, 0.2) is 0 Å².